The zero-order valence-electron chi connectivity index (χ0n) is 11.1. The van der Waals surface area contributed by atoms with Gasteiger partial charge >= 0.3 is 0 Å². The number of thiocarbonyl (C=S) groups is 1. The van der Waals surface area contributed by atoms with E-state index in [1.807, 2.05) is 0 Å². The first kappa shape index (κ1) is 15.2. The van der Waals surface area contributed by atoms with Gasteiger partial charge in [0, 0.05) is 6.54 Å². The molecule has 0 aliphatic heterocycles. The summed E-state index contributed by atoms with van der Waals surface area (Å²) in [6.07, 6.45) is 1.36. The normalized spacial score (nSPS) is 24.9. The smallest absolute Gasteiger partial charge is 0.233 e. The number of nitrogens with two attached hydrogens (primary N) is 1. The van der Waals surface area contributed by atoms with Crippen molar-refractivity contribution in [2.45, 2.75) is 26.3 Å². The minimum Gasteiger partial charge on any atom is -0.392 e. The third-order valence-corrected chi connectivity index (χ3v) is 4.42. The van der Waals surface area contributed by atoms with Crippen LogP contribution >= 0.6 is 23.8 Å². The Balaban J connectivity index is 2.01. The predicted molar refractivity (Wildman–Crippen MR) is 80.9 cm³/mol. The van der Waals surface area contributed by atoms with Crippen molar-refractivity contribution in [1.29, 1.82) is 0 Å². The highest BCUT2D eigenvalue weighted by Gasteiger charge is 2.50. The molecule has 0 spiro atoms. The topological polar surface area (TPSA) is 55.1 Å². The second-order valence-electron chi connectivity index (χ2n) is 5.39. The maximum absolute atomic E-state index is 13.0. The molecule has 0 bridgehead atoms. The van der Waals surface area contributed by atoms with Crippen LogP contribution < -0.4 is 11.1 Å². The van der Waals surface area contributed by atoms with E-state index in [1.165, 1.54) is 12.1 Å². The Hall–Kier alpha value is -1.20. The molecule has 108 valence electrons. The summed E-state index contributed by atoms with van der Waals surface area (Å²) in [5, 5.41) is 2.84. The molecule has 1 amide bonds. The summed E-state index contributed by atoms with van der Waals surface area (Å²) in [6.45, 7) is 2.33. The number of benzene rings is 1. The Labute approximate surface area is 127 Å². The molecule has 1 aromatic rings. The Bertz CT molecular complexity index is 558. The molecule has 2 rings (SSSR count). The van der Waals surface area contributed by atoms with Gasteiger partial charge in [-0.05, 0) is 36.5 Å². The third-order valence-electron chi connectivity index (χ3n) is 3.74. The maximum atomic E-state index is 13.0. The summed E-state index contributed by atoms with van der Waals surface area (Å²) < 4.78 is 13.0. The molecule has 3 N–H and O–H groups in total. The van der Waals surface area contributed by atoms with Gasteiger partial charge in [0.2, 0.25) is 5.91 Å². The van der Waals surface area contributed by atoms with Crippen molar-refractivity contribution in [2.24, 2.45) is 17.1 Å². The fraction of sp³-hybridized carbons (Fsp3) is 0.429. The van der Waals surface area contributed by atoms with Crippen molar-refractivity contribution in [3.05, 3.63) is 34.6 Å². The number of amides is 1. The molecule has 1 saturated carbocycles. The standard InChI is InChI=1S/C14H16ClFN2OS/c1-8-5-14(6-8,12(17)20)13(19)18-7-9-2-3-11(16)10(15)4-9/h2-4,8H,5-7H2,1H3,(H2,17,20)(H,18,19). The minimum absolute atomic E-state index is 0.0399. The van der Waals surface area contributed by atoms with Crippen molar-refractivity contribution in [2.75, 3.05) is 0 Å². The predicted octanol–water partition coefficient (Wildman–Crippen LogP) is 2.80. The van der Waals surface area contributed by atoms with E-state index in [9.17, 15) is 9.18 Å². The van der Waals surface area contributed by atoms with Crippen LogP contribution in [0.25, 0.3) is 0 Å². The van der Waals surface area contributed by atoms with E-state index in [0.717, 1.165) is 5.56 Å². The molecule has 0 radical (unpaired) electrons. The van der Waals surface area contributed by atoms with Gasteiger partial charge in [-0.1, -0.05) is 36.8 Å². The molecule has 1 aliphatic carbocycles. The lowest BCUT2D eigenvalue weighted by atomic mass is 9.62. The fourth-order valence-electron chi connectivity index (χ4n) is 2.63. The molecule has 1 fully saturated rings. The van der Waals surface area contributed by atoms with Gasteiger partial charge in [0.05, 0.1) is 15.4 Å². The summed E-state index contributed by atoms with van der Waals surface area (Å²) in [5.41, 5.74) is 5.72. The van der Waals surface area contributed by atoms with Gasteiger partial charge < -0.3 is 11.1 Å². The molecule has 1 aliphatic rings. The average Bonchev–Trinajstić information content (AvgIpc) is 2.35. The summed E-state index contributed by atoms with van der Waals surface area (Å²) in [7, 11) is 0. The van der Waals surface area contributed by atoms with Crippen LogP contribution in [0.5, 0.6) is 0 Å². The van der Waals surface area contributed by atoms with Crippen LogP contribution in [0.2, 0.25) is 5.02 Å². The summed E-state index contributed by atoms with van der Waals surface area (Å²) >= 11 is 10.7. The van der Waals surface area contributed by atoms with E-state index >= 15 is 0 Å². The zero-order chi connectivity index (χ0) is 14.9. The van der Waals surface area contributed by atoms with Crippen LogP contribution in [0, 0.1) is 17.2 Å². The number of carbonyl (C=O) groups excluding carboxylic acids is 1. The summed E-state index contributed by atoms with van der Waals surface area (Å²) in [4.78, 5) is 12.5. The number of halogens is 2. The minimum atomic E-state index is -0.724. The van der Waals surface area contributed by atoms with Gasteiger partial charge in [-0.3, -0.25) is 4.79 Å². The Morgan fingerprint density at radius 3 is 2.75 bits per heavy atom. The van der Waals surface area contributed by atoms with Gasteiger partial charge in [0.15, 0.2) is 0 Å². The van der Waals surface area contributed by atoms with Crippen molar-refractivity contribution in [3.8, 4) is 0 Å². The highest BCUT2D eigenvalue weighted by atomic mass is 35.5. The number of hydrogen-bond acceptors (Lipinski definition) is 2. The quantitative estimate of drug-likeness (QED) is 0.840. The molecule has 0 unspecified atom stereocenters. The Morgan fingerprint density at radius 2 is 2.25 bits per heavy atom. The lowest BCUT2D eigenvalue weighted by molar-refractivity contribution is -0.133. The number of nitrogens with one attached hydrogen (secondary N) is 1. The lowest BCUT2D eigenvalue weighted by Gasteiger charge is -2.44. The molecule has 6 heteroatoms. The molecule has 0 saturated heterocycles. The Kier molecular flexibility index (Phi) is 4.30. The van der Waals surface area contributed by atoms with E-state index in [1.54, 1.807) is 6.07 Å². The maximum Gasteiger partial charge on any atom is 0.233 e. The van der Waals surface area contributed by atoms with Crippen LogP contribution in [0.1, 0.15) is 25.3 Å². The number of rotatable bonds is 4. The van der Waals surface area contributed by atoms with Gasteiger partial charge in [-0.2, -0.15) is 0 Å². The first-order chi connectivity index (χ1) is 9.35. The average molecular weight is 315 g/mol. The van der Waals surface area contributed by atoms with Crippen LogP contribution in [0.15, 0.2) is 18.2 Å². The molecule has 3 nitrogen and oxygen atoms in total. The number of carbonyl (C=O) groups is 1. The van der Waals surface area contributed by atoms with E-state index in [-0.39, 0.29) is 22.5 Å². The first-order valence-corrected chi connectivity index (χ1v) is 7.16. The van der Waals surface area contributed by atoms with Gasteiger partial charge in [-0.15, -0.1) is 0 Å². The van der Waals surface area contributed by atoms with Crippen molar-refractivity contribution < 1.29 is 9.18 Å². The molecular formula is C14H16ClFN2OS. The second-order valence-corrected chi connectivity index (χ2v) is 6.24. The summed E-state index contributed by atoms with van der Waals surface area (Å²) in [5.74, 6) is -0.194. The van der Waals surface area contributed by atoms with E-state index < -0.39 is 11.2 Å². The Morgan fingerprint density at radius 1 is 1.60 bits per heavy atom. The van der Waals surface area contributed by atoms with Crippen molar-refractivity contribution in [3.63, 3.8) is 0 Å². The SMILES string of the molecule is CC1CC(C(=O)NCc2ccc(F)c(Cl)c2)(C(N)=S)C1. The molecule has 0 atom stereocenters. The fourth-order valence-corrected chi connectivity index (χ4v) is 3.09. The molecular weight excluding hydrogens is 299 g/mol. The van der Waals surface area contributed by atoms with E-state index in [2.05, 4.69) is 12.2 Å². The zero-order valence-corrected chi connectivity index (χ0v) is 12.7. The van der Waals surface area contributed by atoms with Crippen LogP contribution in [-0.4, -0.2) is 10.9 Å². The molecule has 0 aromatic heterocycles. The monoisotopic (exact) mass is 314 g/mol. The van der Waals surface area contributed by atoms with E-state index in [4.69, 9.17) is 29.6 Å². The largest absolute Gasteiger partial charge is 0.392 e. The first-order valence-electron chi connectivity index (χ1n) is 6.37. The lowest BCUT2D eigenvalue weighted by Crippen LogP contribution is -2.55. The van der Waals surface area contributed by atoms with Gasteiger partial charge in [0.1, 0.15) is 5.82 Å². The van der Waals surface area contributed by atoms with Gasteiger partial charge in [0.25, 0.3) is 0 Å². The van der Waals surface area contributed by atoms with Crippen molar-refractivity contribution >= 4 is 34.7 Å². The third kappa shape index (κ3) is 2.79. The second kappa shape index (κ2) is 5.66. The van der Waals surface area contributed by atoms with Crippen molar-refractivity contribution in [1.82, 2.24) is 5.32 Å². The molecule has 0 heterocycles. The van der Waals surface area contributed by atoms with Crippen LogP contribution in [0.3, 0.4) is 0 Å². The summed E-state index contributed by atoms with van der Waals surface area (Å²) in [6, 6.07) is 4.35. The highest BCUT2D eigenvalue weighted by molar-refractivity contribution is 7.80. The van der Waals surface area contributed by atoms with Crippen LogP contribution in [0.4, 0.5) is 4.39 Å². The van der Waals surface area contributed by atoms with Gasteiger partial charge in [-0.25, -0.2) is 4.39 Å². The van der Waals surface area contributed by atoms with Crippen LogP contribution in [-0.2, 0) is 11.3 Å². The number of hydrogen-bond donors (Lipinski definition) is 2. The molecule has 20 heavy (non-hydrogen) atoms. The molecule has 1 aromatic carbocycles. The van der Waals surface area contributed by atoms with E-state index in [0.29, 0.717) is 18.8 Å². The highest BCUT2D eigenvalue weighted by Crippen LogP contribution is 2.46.